The van der Waals surface area contributed by atoms with Crippen LogP contribution in [0.4, 0.5) is 4.39 Å². The Bertz CT molecular complexity index is 915. The third kappa shape index (κ3) is 2.08. The number of hydrogen-bond acceptors (Lipinski definition) is 3. The van der Waals surface area contributed by atoms with E-state index in [0.717, 1.165) is 0 Å². The maximum absolute atomic E-state index is 13.4. The van der Waals surface area contributed by atoms with Crippen molar-refractivity contribution in [2.24, 2.45) is 0 Å². The molecule has 5 heteroatoms. The number of benzene rings is 2. The van der Waals surface area contributed by atoms with Crippen molar-refractivity contribution >= 4 is 17.1 Å². The second-order valence-electron chi connectivity index (χ2n) is 4.59. The van der Waals surface area contributed by atoms with Crippen LogP contribution in [0.5, 0.6) is 5.75 Å². The molecule has 4 nitrogen and oxygen atoms in total. The van der Waals surface area contributed by atoms with Gasteiger partial charge in [0, 0.05) is 17.1 Å². The minimum Gasteiger partial charge on any atom is -0.507 e. The molecule has 0 bridgehead atoms. The van der Waals surface area contributed by atoms with Gasteiger partial charge in [0.05, 0.1) is 10.9 Å². The summed E-state index contributed by atoms with van der Waals surface area (Å²) in [5, 5.41) is 10.7. The number of phenolic OH excluding ortho intramolecular Hbond substituents is 1. The summed E-state index contributed by atoms with van der Waals surface area (Å²) < 4.78 is 13.4. The zero-order valence-corrected chi connectivity index (χ0v) is 10.8. The molecule has 0 fully saturated rings. The molecule has 3 aromatic rings. The van der Waals surface area contributed by atoms with Crippen molar-refractivity contribution in [3.63, 3.8) is 0 Å². The quantitative estimate of drug-likeness (QED) is 0.710. The summed E-state index contributed by atoms with van der Waals surface area (Å²) >= 11 is 0. The number of halogens is 1. The summed E-state index contributed by atoms with van der Waals surface area (Å²) in [5.41, 5.74) is 0.636. The number of aromatic hydroxyl groups is 1. The number of rotatable bonds is 2. The highest BCUT2D eigenvalue weighted by Gasteiger charge is 2.12. The van der Waals surface area contributed by atoms with Gasteiger partial charge in [-0.1, -0.05) is 12.1 Å². The molecule has 1 aromatic heterocycles. The molecule has 0 unspecified atom stereocenters. The van der Waals surface area contributed by atoms with E-state index in [4.69, 9.17) is 0 Å². The van der Waals surface area contributed by atoms with Gasteiger partial charge in [-0.2, -0.15) is 0 Å². The molecule has 3 rings (SSSR count). The summed E-state index contributed by atoms with van der Waals surface area (Å²) in [7, 11) is 0. The molecule has 2 N–H and O–H groups in total. The van der Waals surface area contributed by atoms with Crippen LogP contribution < -0.4 is 5.56 Å². The number of carbonyl (C=O) groups is 1. The summed E-state index contributed by atoms with van der Waals surface area (Å²) in [6.45, 7) is 0. The number of pyridine rings is 1. The van der Waals surface area contributed by atoms with Crippen LogP contribution in [0.3, 0.4) is 0 Å². The van der Waals surface area contributed by atoms with Crippen molar-refractivity contribution in [1.82, 2.24) is 4.98 Å². The number of fused-ring (bicyclic) bond motifs is 1. The molecular formula is C16H10FNO3. The lowest BCUT2D eigenvalue weighted by molar-refractivity contribution is 0.112. The van der Waals surface area contributed by atoms with Gasteiger partial charge in [-0.25, -0.2) is 4.39 Å². The van der Waals surface area contributed by atoms with E-state index in [2.05, 4.69) is 4.98 Å². The van der Waals surface area contributed by atoms with Crippen molar-refractivity contribution in [1.29, 1.82) is 0 Å². The van der Waals surface area contributed by atoms with Gasteiger partial charge < -0.3 is 10.1 Å². The van der Waals surface area contributed by atoms with E-state index in [9.17, 15) is 19.1 Å². The fourth-order valence-electron chi connectivity index (χ4n) is 2.33. The number of phenols is 1. The average Bonchev–Trinajstić information content (AvgIpc) is 2.49. The van der Waals surface area contributed by atoms with E-state index in [0.29, 0.717) is 28.2 Å². The van der Waals surface area contributed by atoms with Gasteiger partial charge >= 0.3 is 0 Å². The largest absolute Gasteiger partial charge is 0.507 e. The van der Waals surface area contributed by atoms with E-state index in [1.165, 1.54) is 30.5 Å². The lowest BCUT2D eigenvalue weighted by atomic mass is 9.98. The van der Waals surface area contributed by atoms with Gasteiger partial charge in [0.25, 0.3) is 5.56 Å². The summed E-state index contributed by atoms with van der Waals surface area (Å²) in [6, 6.07) is 8.66. The van der Waals surface area contributed by atoms with Gasteiger partial charge in [0.2, 0.25) is 0 Å². The Hall–Kier alpha value is -2.95. The number of nitrogens with one attached hydrogen (secondary N) is 1. The van der Waals surface area contributed by atoms with Crippen molar-refractivity contribution in [2.75, 3.05) is 0 Å². The molecule has 0 saturated carbocycles. The molecule has 0 spiro atoms. The Labute approximate surface area is 118 Å². The molecule has 2 aromatic carbocycles. The highest BCUT2D eigenvalue weighted by Crippen LogP contribution is 2.32. The summed E-state index contributed by atoms with van der Waals surface area (Å²) in [6.07, 6.45) is 1.86. The second-order valence-corrected chi connectivity index (χ2v) is 4.59. The van der Waals surface area contributed by atoms with Gasteiger partial charge in [-0.3, -0.25) is 9.59 Å². The van der Waals surface area contributed by atoms with Gasteiger partial charge in [0.1, 0.15) is 11.6 Å². The zero-order valence-electron chi connectivity index (χ0n) is 10.8. The topological polar surface area (TPSA) is 70.2 Å². The first-order valence-electron chi connectivity index (χ1n) is 6.20. The SMILES string of the molecule is O=Cc1cc(-c2c[nH]c(=O)c3cccc(O)c23)ccc1F. The average molecular weight is 283 g/mol. The molecule has 1 heterocycles. The van der Waals surface area contributed by atoms with Crippen LogP contribution in [0.25, 0.3) is 21.9 Å². The van der Waals surface area contributed by atoms with E-state index in [1.54, 1.807) is 12.1 Å². The van der Waals surface area contributed by atoms with Crippen molar-refractivity contribution in [3.05, 3.63) is 64.3 Å². The van der Waals surface area contributed by atoms with Crippen molar-refractivity contribution in [3.8, 4) is 16.9 Å². The molecular weight excluding hydrogens is 273 g/mol. The van der Waals surface area contributed by atoms with Crippen LogP contribution >= 0.6 is 0 Å². The predicted octanol–water partition coefficient (Wildman–Crippen LogP) is 2.85. The number of aromatic nitrogens is 1. The fourth-order valence-corrected chi connectivity index (χ4v) is 2.33. The third-order valence-electron chi connectivity index (χ3n) is 3.34. The van der Waals surface area contributed by atoms with E-state index in [1.807, 2.05) is 0 Å². The summed E-state index contributed by atoms with van der Waals surface area (Å²) in [5.74, 6) is -0.669. The Morgan fingerprint density at radius 2 is 2.00 bits per heavy atom. The van der Waals surface area contributed by atoms with Crippen LogP contribution in [-0.2, 0) is 0 Å². The Balaban J connectivity index is 2.38. The molecule has 0 atom stereocenters. The summed E-state index contributed by atoms with van der Waals surface area (Å²) in [4.78, 5) is 25.2. The van der Waals surface area contributed by atoms with E-state index < -0.39 is 5.82 Å². The first kappa shape index (κ1) is 13.1. The molecule has 0 aliphatic carbocycles. The first-order valence-corrected chi connectivity index (χ1v) is 6.20. The molecule has 0 amide bonds. The molecule has 0 aliphatic rings. The van der Waals surface area contributed by atoms with E-state index in [-0.39, 0.29) is 16.9 Å². The minimum absolute atomic E-state index is 0.0504. The zero-order chi connectivity index (χ0) is 15.0. The molecule has 21 heavy (non-hydrogen) atoms. The highest BCUT2D eigenvalue weighted by molar-refractivity contribution is 6.00. The van der Waals surface area contributed by atoms with Gasteiger partial charge in [-0.15, -0.1) is 0 Å². The number of aromatic amines is 1. The number of hydrogen-bond donors (Lipinski definition) is 2. The van der Waals surface area contributed by atoms with Crippen LogP contribution in [0.15, 0.2) is 47.4 Å². The number of carbonyl (C=O) groups excluding carboxylic acids is 1. The van der Waals surface area contributed by atoms with Gasteiger partial charge in [0.15, 0.2) is 6.29 Å². The number of aldehydes is 1. The van der Waals surface area contributed by atoms with Crippen LogP contribution in [0, 0.1) is 5.82 Å². The number of H-pyrrole nitrogens is 1. The third-order valence-corrected chi connectivity index (χ3v) is 3.34. The Kier molecular flexibility index (Phi) is 3.02. The lowest BCUT2D eigenvalue weighted by Gasteiger charge is -2.09. The first-order chi connectivity index (χ1) is 10.1. The molecule has 0 saturated heterocycles. The second kappa shape index (κ2) is 4.86. The van der Waals surface area contributed by atoms with Crippen molar-refractivity contribution < 1.29 is 14.3 Å². The van der Waals surface area contributed by atoms with Gasteiger partial charge in [-0.05, 0) is 29.8 Å². The van der Waals surface area contributed by atoms with Crippen LogP contribution in [0.1, 0.15) is 10.4 Å². The smallest absolute Gasteiger partial charge is 0.255 e. The normalized spacial score (nSPS) is 10.7. The maximum Gasteiger partial charge on any atom is 0.255 e. The van der Waals surface area contributed by atoms with Crippen LogP contribution in [-0.4, -0.2) is 16.4 Å². The maximum atomic E-state index is 13.4. The Morgan fingerprint density at radius 1 is 1.19 bits per heavy atom. The molecule has 104 valence electrons. The van der Waals surface area contributed by atoms with Crippen LogP contribution in [0.2, 0.25) is 0 Å². The standard InChI is InChI=1S/C16H10FNO3/c17-13-5-4-9(6-10(13)8-19)12-7-18-16(21)11-2-1-3-14(20)15(11)12/h1-8,20H,(H,18,21). The Morgan fingerprint density at radius 3 is 2.76 bits per heavy atom. The molecule has 0 radical (unpaired) electrons. The van der Waals surface area contributed by atoms with E-state index >= 15 is 0 Å². The lowest BCUT2D eigenvalue weighted by Crippen LogP contribution is -2.06. The fraction of sp³-hybridized carbons (Fsp3) is 0. The predicted molar refractivity (Wildman–Crippen MR) is 77.0 cm³/mol. The minimum atomic E-state index is -0.619. The highest BCUT2D eigenvalue weighted by atomic mass is 19.1. The molecule has 0 aliphatic heterocycles. The monoisotopic (exact) mass is 283 g/mol. The van der Waals surface area contributed by atoms with Crippen molar-refractivity contribution in [2.45, 2.75) is 0 Å².